The molecule has 0 saturated carbocycles. The Bertz CT molecular complexity index is 456. The summed E-state index contributed by atoms with van der Waals surface area (Å²) in [4.78, 5) is 13.4. The van der Waals surface area contributed by atoms with Crippen molar-refractivity contribution in [2.75, 3.05) is 20.3 Å². The molecule has 0 saturated heterocycles. The van der Waals surface area contributed by atoms with E-state index in [-0.39, 0.29) is 0 Å². The number of hydrogen-bond acceptors (Lipinski definition) is 3. The van der Waals surface area contributed by atoms with Crippen molar-refractivity contribution in [2.45, 2.75) is 19.0 Å². The van der Waals surface area contributed by atoms with Gasteiger partial charge in [-0.3, -0.25) is 9.69 Å². The van der Waals surface area contributed by atoms with Crippen molar-refractivity contribution in [3.05, 3.63) is 47.5 Å². The summed E-state index contributed by atoms with van der Waals surface area (Å²) in [7, 11) is 1.85. The number of carbonyl (C=O) groups is 1. The first-order valence-electron chi connectivity index (χ1n) is 6.42. The summed E-state index contributed by atoms with van der Waals surface area (Å²) in [5.74, 6) is -0.799. The number of benzene rings is 1. The Morgan fingerprint density at radius 3 is 2.74 bits per heavy atom. The molecule has 0 amide bonds. The van der Waals surface area contributed by atoms with E-state index in [1.807, 2.05) is 48.4 Å². The van der Waals surface area contributed by atoms with E-state index in [1.54, 1.807) is 0 Å². The van der Waals surface area contributed by atoms with Gasteiger partial charge in [0.05, 0.1) is 13.2 Å². The van der Waals surface area contributed by atoms with Crippen LogP contribution in [0.2, 0.25) is 0 Å². The fourth-order valence-corrected chi connectivity index (χ4v) is 2.38. The number of nitrogens with zero attached hydrogens (tertiary/aromatic N) is 1. The van der Waals surface area contributed by atoms with Crippen LogP contribution < -0.4 is 0 Å². The quantitative estimate of drug-likeness (QED) is 0.823. The number of likely N-dealkylation sites (N-methyl/N-ethyl adjacent to an activating group) is 1. The third-order valence-electron chi connectivity index (χ3n) is 3.30. The molecular formula is C15H19NO3. The zero-order chi connectivity index (χ0) is 13.7. The molecule has 1 aliphatic heterocycles. The van der Waals surface area contributed by atoms with Crippen molar-refractivity contribution < 1.29 is 14.6 Å². The molecule has 2 rings (SSSR count). The van der Waals surface area contributed by atoms with Crippen LogP contribution in [0, 0.1) is 0 Å². The summed E-state index contributed by atoms with van der Waals surface area (Å²) >= 11 is 0. The van der Waals surface area contributed by atoms with E-state index in [2.05, 4.69) is 0 Å². The standard InChI is InChI=1S/C15H19NO3/c1-16(11-12-5-3-2-4-6-12)14(15(17)18)13-7-9-19-10-8-13/h2-7,14H,8-11H2,1H3,(H,17,18)/t14-/m0/s1. The Morgan fingerprint density at radius 1 is 1.42 bits per heavy atom. The minimum absolute atomic E-state index is 0.512. The molecule has 1 aromatic rings. The summed E-state index contributed by atoms with van der Waals surface area (Å²) in [6, 6.07) is 9.34. The topological polar surface area (TPSA) is 49.8 Å². The lowest BCUT2D eigenvalue weighted by atomic mass is 10.0. The van der Waals surface area contributed by atoms with Gasteiger partial charge in [0.25, 0.3) is 0 Å². The first kappa shape index (κ1) is 13.8. The molecule has 4 heteroatoms. The Morgan fingerprint density at radius 2 is 2.16 bits per heavy atom. The van der Waals surface area contributed by atoms with E-state index >= 15 is 0 Å². The van der Waals surface area contributed by atoms with Crippen LogP contribution in [0.5, 0.6) is 0 Å². The Labute approximate surface area is 113 Å². The van der Waals surface area contributed by atoms with Gasteiger partial charge in [-0.1, -0.05) is 36.4 Å². The van der Waals surface area contributed by atoms with Gasteiger partial charge in [-0.05, 0) is 24.6 Å². The highest BCUT2D eigenvalue weighted by Crippen LogP contribution is 2.19. The molecule has 0 radical (unpaired) electrons. The zero-order valence-corrected chi connectivity index (χ0v) is 11.1. The number of carboxylic acids is 1. The molecule has 0 bridgehead atoms. The van der Waals surface area contributed by atoms with Crippen LogP contribution in [0.25, 0.3) is 0 Å². The summed E-state index contributed by atoms with van der Waals surface area (Å²) in [6.07, 6.45) is 2.58. The van der Waals surface area contributed by atoms with Crippen LogP contribution in [-0.2, 0) is 16.1 Å². The van der Waals surface area contributed by atoms with Crippen LogP contribution in [0.3, 0.4) is 0 Å². The summed E-state index contributed by atoms with van der Waals surface area (Å²) in [5.41, 5.74) is 2.06. The van der Waals surface area contributed by atoms with Gasteiger partial charge in [0.2, 0.25) is 0 Å². The predicted octanol–water partition coefficient (Wildman–Crippen LogP) is 1.92. The monoisotopic (exact) mass is 261 g/mol. The molecule has 0 spiro atoms. The smallest absolute Gasteiger partial charge is 0.325 e. The zero-order valence-electron chi connectivity index (χ0n) is 11.1. The van der Waals surface area contributed by atoms with Crippen molar-refractivity contribution in [1.82, 2.24) is 4.90 Å². The molecular weight excluding hydrogens is 242 g/mol. The number of aliphatic carboxylic acids is 1. The maximum absolute atomic E-state index is 11.5. The fourth-order valence-electron chi connectivity index (χ4n) is 2.38. The largest absolute Gasteiger partial charge is 0.480 e. The molecule has 1 heterocycles. The van der Waals surface area contributed by atoms with Crippen molar-refractivity contribution in [2.24, 2.45) is 0 Å². The maximum atomic E-state index is 11.5. The summed E-state index contributed by atoms with van der Waals surface area (Å²) < 4.78 is 5.24. The van der Waals surface area contributed by atoms with Crippen LogP contribution in [0.15, 0.2) is 42.0 Å². The molecule has 1 atom stereocenters. The second-order valence-electron chi connectivity index (χ2n) is 4.75. The second-order valence-corrected chi connectivity index (χ2v) is 4.75. The number of rotatable bonds is 5. The van der Waals surface area contributed by atoms with Crippen LogP contribution in [0.4, 0.5) is 0 Å². The Kier molecular flexibility index (Phi) is 4.71. The van der Waals surface area contributed by atoms with E-state index in [1.165, 1.54) is 0 Å². The fraction of sp³-hybridized carbons (Fsp3) is 0.400. The molecule has 19 heavy (non-hydrogen) atoms. The van der Waals surface area contributed by atoms with Gasteiger partial charge in [0.1, 0.15) is 6.04 Å². The number of carboxylic acid groups (broad SMARTS) is 1. The summed E-state index contributed by atoms with van der Waals surface area (Å²) in [5, 5.41) is 9.45. The minimum Gasteiger partial charge on any atom is -0.480 e. The maximum Gasteiger partial charge on any atom is 0.325 e. The van der Waals surface area contributed by atoms with Crippen molar-refractivity contribution in [1.29, 1.82) is 0 Å². The van der Waals surface area contributed by atoms with Crippen molar-refractivity contribution in [3.63, 3.8) is 0 Å². The van der Waals surface area contributed by atoms with Gasteiger partial charge in [-0.15, -0.1) is 0 Å². The third-order valence-corrected chi connectivity index (χ3v) is 3.30. The molecule has 1 aliphatic rings. The van der Waals surface area contributed by atoms with E-state index in [9.17, 15) is 9.90 Å². The highest BCUT2D eigenvalue weighted by atomic mass is 16.5. The van der Waals surface area contributed by atoms with Crippen molar-refractivity contribution >= 4 is 5.97 Å². The molecule has 0 unspecified atom stereocenters. The van der Waals surface area contributed by atoms with Crippen molar-refractivity contribution in [3.8, 4) is 0 Å². The lowest BCUT2D eigenvalue weighted by Gasteiger charge is -2.28. The average Bonchev–Trinajstić information content (AvgIpc) is 2.40. The molecule has 0 aliphatic carbocycles. The molecule has 1 aromatic carbocycles. The van der Waals surface area contributed by atoms with Crippen LogP contribution in [0.1, 0.15) is 12.0 Å². The first-order valence-corrected chi connectivity index (χ1v) is 6.42. The lowest BCUT2D eigenvalue weighted by molar-refractivity contribution is -0.141. The number of hydrogen-bond donors (Lipinski definition) is 1. The predicted molar refractivity (Wildman–Crippen MR) is 72.9 cm³/mol. The molecule has 0 fully saturated rings. The minimum atomic E-state index is -0.799. The molecule has 4 nitrogen and oxygen atoms in total. The highest BCUT2D eigenvalue weighted by Gasteiger charge is 2.27. The first-order chi connectivity index (χ1) is 9.18. The van der Waals surface area contributed by atoms with Gasteiger partial charge in [-0.25, -0.2) is 0 Å². The van der Waals surface area contributed by atoms with E-state index < -0.39 is 12.0 Å². The second kappa shape index (κ2) is 6.50. The van der Waals surface area contributed by atoms with Gasteiger partial charge < -0.3 is 9.84 Å². The number of ether oxygens (including phenoxy) is 1. The van der Waals surface area contributed by atoms with Gasteiger partial charge in [-0.2, -0.15) is 0 Å². The van der Waals surface area contributed by atoms with Crippen LogP contribution in [-0.4, -0.2) is 42.3 Å². The molecule has 0 aromatic heterocycles. The van der Waals surface area contributed by atoms with Gasteiger partial charge in [0, 0.05) is 6.54 Å². The Balaban J connectivity index is 2.10. The van der Waals surface area contributed by atoms with Crippen LogP contribution >= 0.6 is 0 Å². The normalized spacial score (nSPS) is 17.1. The summed E-state index contributed by atoms with van der Waals surface area (Å²) in [6.45, 7) is 1.74. The van der Waals surface area contributed by atoms with Gasteiger partial charge in [0.15, 0.2) is 0 Å². The average molecular weight is 261 g/mol. The van der Waals surface area contributed by atoms with E-state index in [4.69, 9.17) is 4.74 Å². The Hall–Kier alpha value is -1.65. The molecule has 1 N–H and O–H groups in total. The third kappa shape index (κ3) is 3.66. The van der Waals surface area contributed by atoms with E-state index in [0.717, 1.165) is 11.1 Å². The van der Waals surface area contributed by atoms with Gasteiger partial charge >= 0.3 is 5.97 Å². The van der Waals surface area contributed by atoms with E-state index in [0.29, 0.717) is 26.2 Å². The highest BCUT2D eigenvalue weighted by molar-refractivity contribution is 5.77. The SMILES string of the molecule is CN(Cc1ccccc1)[C@H](C(=O)O)C1=CCOCC1. The molecule has 102 valence electrons. The lowest BCUT2D eigenvalue weighted by Crippen LogP contribution is -2.40.